The van der Waals surface area contributed by atoms with E-state index in [-0.39, 0.29) is 18.7 Å². The summed E-state index contributed by atoms with van der Waals surface area (Å²) >= 11 is 6.94. The molecular weight excluding hydrogens is 524 g/mol. The third-order valence-corrected chi connectivity index (χ3v) is 7.24. The second kappa shape index (κ2) is 14.1. The van der Waals surface area contributed by atoms with Gasteiger partial charge in [0, 0.05) is 19.5 Å². The molecule has 0 saturated carbocycles. The van der Waals surface area contributed by atoms with Gasteiger partial charge in [0.1, 0.15) is 28.6 Å². The Kier molecular flexibility index (Phi) is 10.9. The molecule has 1 aromatic carbocycles. The number of nitrogens with one attached hydrogen (secondary N) is 1. The van der Waals surface area contributed by atoms with Crippen molar-refractivity contribution < 1.29 is 24.2 Å². The maximum absolute atomic E-state index is 12.9. The number of ether oxygens (including phenoxy) is 1. The lowest BCUT2D eigenvalue weighted by Gasteiger charge is -2.26. The van der Waals surface area contributed by atoms with Crippen LogP contribution in [-0.4, -0.2) is 51.8 Å². The Morgan fingerprint density at radius 1 is 1.37 bits per heavy atom. The normalized spacial score (nSPS) is 19.3. The average Bonchev–Trinajstić information content (AvgIpc) is 2.89. The van der Waals surface area contributed by atoms with E-state index in [0.717, 1.165) is 16.7 Å². The summed E-state index contributed by atoms with van der Waals surface area (Å²) in [6.45, 7) is 8.47. The van der Waals surface area contributed by atoms with Gasteiger partial charge in [-0.1, -0.05) is 37.3 Å². The number of benzene rings is 1. The number of thioether (sulfide) groups is 1. The van der Waals surface area contributed by atoms with Gasteiger partial charge in [-0.05, 0) is 30.2 Å². The molecule has 7 nitrogen and oxygen atoms in total. The fourth-order valence-corrected chi connectivity index (χ4v) is 5.22. The van der Waals surface area contributed by atoms with Gasteiger partial charge in [-0.3, -0.25) is 19.9 Å². The molecule has 0 amide bonds. The third-order valence-electron chi connectivity index (χ3n) is 5.91. The Balaban J connectivity index is 1.81. The summed E-state index contributed by atoms with van der Waals surface area (Å²) in [5.41, 5.74) is 3.88. The molecule has 198 valence electrons. The van der Waals surface area contributed by atoms with Crippen LogP contribution in [0.2, 0.25) is 0 Å². The lowest BCUT2D eigenvalue weighted by atomic mass is 9.84. The van der Waals surface area contributed by atoms with E-state index in [1.165, 1.54) is 11.8 Å². The number of carboxylic acids is 1. The zero-order valence-electron chi connectivity index (χ0n) is 21.4. The number of carbonyl (C=O) groups excluding carboxylic acids is 2. The molecule has 0 radical (unpaired) electrons. The van der Waals surface area contributed by atoms with Crippen LogP contribution >= 0.6 is 23.4 Å². The van der Waals surface area contributed by atoms with E-state index in [1.807, 2.05) is 56.3 Å². The standard InChI is InChI=1S/C29H30ClN2O5S/c1-4-12-37-29(36)26(31-16-20-8-6-5-7-9-20)27-32-25(28(34)35)22(17-38-27)11-10-21-14-23(15-24(30)33)19(3)13-18(21)2/h5-11,13-14,26-27,31H,3-4,12,15-17H2,1-2H3/q+1/p+1. The van der Waals surface area contributed by atoms with Gasteiger partial charge < -0.3 is 9.84 Å². The molecule has 2 unspecified atom stereocenters. The number of nitrogens with zero attached hydrogens (tertiary/aromatic N) is 1. The smallest absolute Gasteiger partial charge is 0.364 e. The Morgan fingerprint density at radius 3 is 2.76 bits per heavy atom. The molecule has 2 atom stereocenters. The van der Waals surface area contributed by atoms with Crippen LogP contribution in [0.4, 0.5) is 0 Å². The minimum atomic E-state index is -1.17. The van der Waals surface area contributed by atoms with Gasteiger partial charge in [-0.15, -0.1) is 11.8 Å². The van der Waals surface area contributed by atoms with Gasteiger partial charge in [0.15, 0.2) is 11.3 Å². The Morgan fingerprint density at radius 2 is 2.11 bits per heavy atom. The minimum Gasteiger partial charge on any atom is -0.476 e. The van der Waals surface area contributed by atoms with Crippen molar-refractivity contribution in [3.05, 3.63) is 95.3 Å². The first-order chi connectivity index (χ1) is 18.2. The first-order valence-corrected chi connectivity index (χ1v) is 13.7. The summed E-state index contributed by atoms with van der Waals surface area (Å²) in [6, 6.07) is 8.80. The highest BCUT2D eigenvalue weighted by Crippen LogP contribution is 2.33. The van der Waals surface area contributed by atoms with Crippen LogP contribution in [0, 0.1) is 12.3 Å². The van der Waals surface area contributed by atoms with Crippen LogP contribution in [0.5, 0.6) is 0 Å². The summed E-state index contributed by atoms with van der Waals surface area (Å²) in [5.74, 6) is -0.575. The van der Waals surface area contributed by atoms with E-state index in [0.29, 0.717) is 35.8 Å². The van der Waals surface area contributed by atoms with Crippen molar-refractivity contribution in [3.8, 4) is 0 Å². The van der Waals surface area contributed by atoms with Crippen LogP contribution in [0.15, 0.2) is 82.4 Å². The summed E-state index contributed by atoms with van der Waals surface area (Å²) in [5, 5.41) is 12.0. The first kappa shape index (κ1) is 29.4. The van der Waals surface area contributed by atoms with Gasteiger partial charge in [0.25, 0.3) is 0 Å². The van der Waals surface area contributed by atoms with E-state index in [1.54, 1.807) is 12.5 Å². The monoisotopic (exact) mass is 554 g/mol. The topological polar surface area (TPSA) is 105 Å². The second-order valence-corrected chi connectivity index (χ2v) is 10.4. The molecule has 0 aromatic heterocycles. The quantitative estimate of drug-likeness (QED) is 0.213. The molecule has 1 aliphatic heterocycles. The van der Waals surface area contributed by atoms with Gasteiger partial charge in [0.05, 0.1) is 42.8 Å². The summed E-state index contributed by atoms with van der Waals surface area (Å²) in [7, 11) is 0. The van der Waals surface area contributed by atoms with E-state index in [4.69, 9.17) is 16.3 Å². The molecule has 2 N–H and O–H groups in total. The summed E-state index contributed by atoms with van der Waals surface area (Å²) < 4.78 is 5.39. The summed E-state index contributed by atoms with van der Waals surface area (Å²) in [4.78, 5) is 40.9. The molecule has 2 aliphatic rings. The molecule has 0 saturated heterocycles. The van der Waals surface area contributed by atoms with Crippen molar-refractivity contribution in [1.29, 1.82) is 0 Å². The number of halogens is 1. The highest BCUT2D eigenvalue weighted by Gasteiger charge is 2.37. The molecule has 0 spiro atoms. The first-order valence-electron chi connectivity index (χ1n) is 12.2. The van der Waals surface area contributed by atoms with Crippen molar-refractivity contribution in [3.63, 3.8) is 0 Å². The lowest BCUT2D eigenvalue weighted by molar-refractivity contribution is -0.146. The van der Waals surface area contributed by atoms with E-state index in [9.17, 15) is 19.5 Å². The predicted molar refractivity (Wildman–Crippen MR) is 152 cm³/mol. The predicted octanol–water partition coefficient (Wildman–Crippen LogP) is 5.00. The minimum absolute atomic E-state index is 0.0585. The van der Waals surface area contributed by atoms with Crippen molar-refractivity contribution >= 4 is 46.3 Å². The molecule has 1 heterocycles. The Hall–Kier alpha value is -3.20. The number of hydrogen-bond donors (Lipinski definition) is 2. The summed E-state index contributed by atoms with van der Waals surface area (Å²) in [6.07, 6.45) is 7.95. The van der Waals surface area contributed by atoms with Gasteiger partial charge in [0.2, 0.25) is 5.24 Å². The zero-order chi connectivity index (χ0) is 27.7. The third kappa shape index (κ3) is 8.15. The van der Waals surface area contributed by atoms with E-state index < -0.39 is 28.6 Å². The number of carbonyl (C=O) groups is 3. The SMILES string of the molecule is C=C1C=C(C)C([CH+]C=C2CSC(C(NCc3ccccc3)C(=O)OCCC)N=C2C(=O)O)=C[C+]1CC(=O)Cl. The van der Waals surface area contributed by atoms with Crippen LogP contribution in [0.1, 0.15) is 32.3 Å². The molecule has 3 rings (SSSR count). The molecule has 0 fully saturated rings. The number of aliphatic carboxylic acids is 1. The maximum atomic E-state index is 12.9. The Labute approximate surface area is 232 Å². The van der Waals surface area contributed by atoms with E-state index in [2.05, 4.69) is 16.9 Å². The van der Waals surface area contributed by atoms with Gasteiger partial charge >= 0.3 is 11.9 Å². The fourth-order valence-electron chi connectivity index (χ4n) is 3.91. The fraction of sp³-hybridized carbons (Fsp3) is 0.310. The van der Waals surface area contributed by atoms with Crippen LogP contribution in [0.3, 0.4) is 0 Å². The Bertz CT molecular complexity index is 1190. The number of allylic oxidation sites excluding steroid dienone is 6. The highest BCUT2D eigenvalue weighted by atomic mass is 35.5. The highest BCUT2D eigenvalue weighted by molar-refractivity contribution is 8.00. The number of esters is 1. The molecular formula is C29H31ClN2O5S+2. The van der Waals surface area contributed by atoms with Gasteiger partial charge in [-0.25, -0.2) is 4.79 Å². The number of aliphatic imine (C=N–C) groups is 1. The number of hydrogen-bond acceptors (Lipinski definition) is 7. The van der Waals surface area contributed by atoms with Crippen molar-refractivity contribution in [2.45, 2.75) is 44.6 Å². The number of carboxylic acid groups (broad SMARTS) is 1. The van der Waals surface area contributed by atoms with E-state index >= 15 is 0 Å². The molecule has 1 aliphatic carbocycles. The largest absolute Gasteiger partial charge is 0.476 e. The average molecular weight is 555 g/mol. The second-order valence-electron chi connectivity index (χ2n) is 8.86. The zero-order valence-corrected chi connectivity index (χ0v) is 23.0. The number of rotatable bonds is 12. The van der Waals surface area contributed by atoms with Crippen LogP contribution in [-0.2, 0) is 25.7 Å². The van der Waals surface area contributed by atoms with Crippen LogP contribution in [0.25, 0.3) is 0 Å². The van der Waals surface area contributed by atoms with Crippen molar-refractivity contribution in [2.75, 3.05) is 12.4 Å². The van der Waals surface area contributed by atoms with Crippen LogP contribution < -0.4 is 5.32 Å². The van der Waals surface area contributed by atoms with Gasteiger partial charge in [-0.2, -0.15) is 0 Å². The molecule has 9 heteroatoms. The lowest BCUT2D eigenvalue weighted by Crippen LogP contribution is -2.46. The molecule has 38 heavy (non-hydrogen) atoms. The van der Waals surface area contributed by atoms with Crippen molar-refractivity contribution in [1.82, 2.24) is 5.32 Å². The maximum Gasteiger partial charge on any atom is 0.364 e. The van der Waals surface area contributed by atoms with Crippen molar-refractivity contribution in [2.24, 2.45) is 4.99 Å². The molecule has 0 bridgehead atoms. The molecule has 1 aromatic rings.